The zero-order chi connectivity index (χ0) is 25.2. The van der Waals surface area contributed by atoms with Gasteiger partial charge in [0.25, 0.3) is 17.7 Å². The Balaban J connectivity index is 1.20. The second-order valence-electron chi connectivity index (χ2n) is 8.64. The highest BCUT2D eigenvalue weighted by molar-refractivity contribution is 7.18. The minimum Gasteiger partial charge on any atom is -0.390 e. The smallest absolute Gasteiger partial charge is 0.265 e. The van der Waals surface area contributed by atoms with Crippen molar-refractivity contribution in [3.8, 4) is 0 Å². The molecule has 2 aromatic heterocycles. The standard InChI is InChI=1S/C25H24ClN5O4S/c26-20-8-7-19(36-20)23(33)28-18-5-3-4-17-22(18)25(35)31(24(17)34)15-16(32)14-29-10-12-30(13-11-29)21-6-1-2-9-27-21/h1-9,16,32H,10-15H2,(H,28,33). The average Bonchev–Trinajstić information content (AvgIpc) is 3.43. The van der Waals surface area contributed by atoms with Gasteiger partial charge in [-0.3, -0.25) is 24.2 Å². The number of pyridine rings is 1. The first-order valence-corrected chi connectivity index (χ1v) is 12.7. The number of nitrogens with zero attached hydrogens (tertiary/aromatic N) is 4. The summed E-state index contributed by atoms with van der Waals surface area (Å²) in [6, 6.07) is 13.8. The Hall–Kier alpha value is -3.31. The number of carbonyl (C=O) groups is 3. The molecule has 11 heteroatoms. The van der Waals surface area contributed by atoms with Crippen LogP contribution in [0.4, 0.5) is 11.5 Å². The van der Waals surface area contributed by atoms with Crippen LogP contribution < -0.4 is 10.2 Å². The number of aromatic nitrogens is 1. The molecule has 36 heavy (non-hydrogen) atoms. The summed E-state index contributed by atoms with van der Waals surface area (Å²) in [6.07, 6.45) is 0.863. The van der Waals surface area contributed by atoms with Gasteiger partial charge in [0.15, 0.2) is 0 Å². The Morgan fingerprint density at radius 3 is 2.53 bits per heavy atom. The molecular weight excluding hydrogens is 502 g/mol. The summed E-state index contributed by atoms with van der Waals surface area (Å²) in [7, 11) is 0. The zero-order valence-corrected chi connectivity index (χ0v) is 20.8. The SMILES string of the molecule is O=C(Nc1cccc2c1C(=O)N(CC(O)CN1CCN(c3ccccn3)CC1)C2=O)c1ccc(Cl)s1. The molecule has 2 aliphatic rings. The zero-order valence-electron chi connectivity index (χ0n) is 19.3. The number of carbonyl (C=O) groups excluding carboxylic acids is 3. The summed E-state index contributed by atoms with van der Waals surface area (Å²) in [5.41, 5.74) is 0.593. The first-order valence-electron chi connectivity index (χ1n) is 11.5. The van der Waals surface area contributed by atoms with Crippen LogP contribution >= 0.6 is 22.9 Å². The number of rotatable bonds is 7. The number of anilines is 2. The molecule has 0 radical (unpaired) electrons. The van der Waals surface area contributed by atoms with Crippen molar-refractivity contribution in [2.75, 3.05) is 49.5 Å². The Kier molecular flexibility index (Phi) is 7.01. The second-order valence-corrected chi connectivity index (χ2v) is 10.4. The van der Waals surface area contributed by atoms with Gasteiger partial charge in [-0.1, -0.05) is 23.7 Å². The van der Waals surface area contributed by atoms with Crippen molar-refractivity contribution in [2.24, 2.45) is 0 Å². The van der Waals surface area contributed by atoms with Crippen LogP contribution in [0.5, 0.6) is 0 Å². The molecule has 0 bridgehead atoms. The van der Waals surface area contributed by atoms with Gasteiger partial charge in [-0.25, -0.2) is 4.98 Å². The largest absolute Gasteiger partial charge is 0.390 e. The van der Waals surface area contributed by atoms with Crippen molar-refractivity contribution in [3.63, 3.8) is 0 Å². The van der Waals surface area contributed by atoms with Crippen LogP contribution in [0.25, 0.3) is 0 Å². The predicted molar refractivity (Wildman–Crippen MR) is 138 cm³/mol. The summed E-state index contributed by atoms with van der Waals surface area (Å²) in [5, 5.41) is 13.4. The van der Waals surface area contributed by atoms with E-state index in [1.807, 2.05) is 18.2 Å². The highest BCUT2D eigenvalue weighted by Crippen LogP contribution is 2.31. The fraction of sp³-hybridized carbons (Fsp3) is 0.280. The minimum absolute atomic E-state index is 0.124. The van der Waals surface area contributed by atoms with E-state index in [9.17, 15) is 19.5 Å². The summed E-state index contributed by atoms with van der Waals surface area (Å²) in [5.74, 6) is -0.504. The summed E-state index contributed by atoms with van der Waals surface area (Å²) in [4.78, 5) is 48.9. The molecule has 1 aromatic carbocycles. The number of halogens is 1. The highest BCUT2D eigenvalue weighted by atomic mass is 35.5. The number of piperazine rings is 1. The lowest BCUT2D eigenvalue weighted by molar-refractivity contribution is 0.0469. The van der Waals surface area contributed by atoms with E-state index < -0.39 is 23.8 Å². The summed E-state index contributed by atoms with van der Waals surface area (Å²) >= 11 is 7.04. The van der Waals surface area contributed by atoms with E-state index in [0.29, 0.717) is 15.8 Å². The van der Waals surface area contributed by atoms with Gasteiger partial charge < -0.3 is 15.3 Å². The molecule has 0 spiro atoms. The topological polar surface area (TPSA) is 106 Å². The number of imide groups is 1. The van der Waals surface area contributed by atoms with E-state index in [0.717, 1.165) is 48.2 Å². The van der Waals surface area contributed by atoms with E-state index in [1.165, 1.54) is 0 Å². The van der Waals surface area contributed by atoms with Gasteiger partial charge in [0.05, 0.1) is 38.7 Å². The molecule has 1 saturated heterocycles. The van der Waals surface area contributed by atoms with Gasteiger partial charge in [0.1, 0.15) is 5.82 Å². The van der Waals surface area contributed by atoms with Gasteiger partial charge in [-0.15, -0.1) is 11.3 Å². The first-order chi connectivity index (χ1) is 17.4. The molecule has 186 valence electrons. The number of benzene rings is 1. The van der Waals surface area contributed by atoms with Crippen LogP contribution in [0.3, 0.4) is 0 Å². The van der Waals surface area contributed by atoms with Crippen LogP contribution in [0, 0.1) is 0 Å². The van der Waals surface area contributed by atoms with Gasteiger partial charge >= 0.3 is 0 Å². The van der Waals surface area contributed by atoms with Gasteiger partial charge in [0, 0.05) is 38.9 Å². The number of aliphatic hydroxyl groups is 1. The van der Waals surface area contributed by atoms with E-state index >= 15 is 0 Å². The van der Waals surface area contributed by atoms with Crippen molar-refractivity contribution in [2.45, 2.75) is 6.10 Å². The Morgan fingerprint density at radius 2 is 1.83 bits per heavy atom. The van der Waals surface area contributed by atoms with Crippen molar-refractivity contribution >= 4 is 52.2 Å². The minimum atomic E-state index is -0.903. The van der Waals surface area contributed by atoms with Crippen LogP contribution in [-0.4, -0.2) is 83.0 Å². The van der Waals surface area contributed by atoms with Crippen molar-refractivity contribution < 1.29 is 19.5 Å². The van der Waals surface area contributed by atoms with Crippen LogP contribution in [0.15, 0.2) is 54.7 Å². The van der Waals surface area contributed by atoms with Crippen LogP contribution in [0.1, 0.15) is 30.4 Å². The lowest BCUT2D eigenvalue weighted by Gasteiger charge is -2.36. The van der Waals surface area contributed by atoms with E-state index in [-0.39, 0.29) is 23.4 Å². The maximum atomic E-state index is 13.2. The molecule has 1 atom stereocenters. The molecule has 2 aliphatic heterocycles. The number of amides is 3. The fourth-order valence-electron chi connectivity index (χ4n) is 4.49. The third kappa shape index (κ3) is 4.98. The lowest BCUT2D eigenvalue weighted by Crippen LogP contribution is -2.50. The highest BCUT2D eigenvalue weighted by Gasteiger charge is 2.39. The monoisotopic (exact) mass is 525 g/mol. The van der Waals surface area contributed by atoms with Crippen molar-refractivity contribution in [1.82, 2.24) is 14.8 Å². The van der Waals surface area contributed by atoms with E-state index in [2.05, 4.69) is 20.1 Å². The molecule has 1 fully saturated rings. The maximum absolute atomic E-state index is 13.2. The summed E-state index contributed by atoms with van der Waals surface area (Å²) in [6.45, 7) is 3.23. The van der Waals surface area contributed by atoms with Crippen molar-refractivity contribution in [3.05, 3.63) is 75.1 Å². The molecule has 4 heterocycles. The predicted octanol–water partition coefficient (Wildman–Crippen LogP) is 2.83. The van der Waals surface area contributed by atoms with Gasteiger partial charge in [-0.2, -0.15) is 0 Å². The molecule has 9 nitrogen and oxygen atoms in total. The lowest BCUT2D eigenvalue weighted by atomic mass is 10.1. The molecule has 1 unspecified atom stereocenters. The number of thiophene rings is 1. The molecule has 0 saturated carbocycles. The summed E-state index contributed by atoms with van der Waals surface area (Å²) < 4.78 is 0.475. The van der Waals surface area contributed by atoms with E-state index in [1.54, 1.807) is 36.5 Å². The second kappa shape index (κ2) is 10.4. The number of β-amino-alcohol motifs (C(OH)–C–C–N with tert-alkyl or cyclic N) is 1. The van der Waals surface area contributed by atoms with Crippen LogP contribution in [0.2, 0.25) is 4.34 Å². The molecule has 2 N–H and O–H groups in total. The van der Waals surface area contributed by atoms with Crippen molar-refractivity contribution in [1.29, 1.82) is 0 Å². The maximum Gasteiger partial charge on any atom is 0.265 e. The van der Waals surface area contributed by atoms with Gasteiger partial charge in [-0.05, 0) is 36.4 Å². The third-order valence-corrected chi connectivity index (χ3v) is 7.48. The average molecular weight is 526 g/mol. The number of hydrogen-bond acceptors (Lipinski definition) is 8. The molecule has 5 rings (SSSR count). The third-order valence-electron chi connectivity index (χ3n) is 6.25. The molecule has 0 aliphatic carbocycles. The normalized spacial score (nSPS) is 16.8. The molecule has 3 aromatic rings. The Bertz CT molecular complexity index is 1290. The number of fused-ring (bicyclic) bond motifs is 1. The van der Waals surface area contributed by atoms with Gasteiger partial charge in [0.2, 0.25) is 0 Å². The van der Waals surface area contributed by atoms with Crippen LogP contribution in [-0.2, 0) is 0 Å². The first kappa shape index (κ1) is 24.4. The number of aliphatic hydroxyl groups excluding tert-OH is 1. The number of hydrogen-bond donors (Lipinski definition) is 2. The Morgan fingerprint density at radius 1 is 1.03 bits per heavy atom. The fourth-order valence-corrected chi connectivity index (χ4v) is 5.43. The Labute approximate surface area is 216 Å². The molecule has 3 amide bonds. The number of nitrogens with one attached hydrogen (secondary N) is 1. The quantitative estimate of drug-likeness (QED) is 0.457. The molecular formula is C25H24ClN5O4S. The van der Waals surface area contributed by atoms with E-state index in [4.69, 9.17) is 11.6 Å².